The summed E-state index contributed by atoms with van der Waals surface area (Å²) in [6, 6.07) is 15.1. The van der Waals surface area contributed by atoms with Crippen LogP contribution in [0.1, 0.15) is 31.9 Å². The number of nitrogens with one attached hydrogen (secondary N) is 1. The van der Waals surface area contributed by atoms with Crippen LogP contribution in [0.5, 0.6) is 5.75 Å². The number of phenols is 1. The number of benzene rings is 1. The molecule has 3 aromatic rings. The van der Waals surface area contributed by atoms with E-state index < -0.39 is 0 Å². The molecule has 3 aliphatic heterocycles. The minimum atomic E-state index is 0.193. The Morgan fingerprint density at radius 2 is 1.89 bits per heavy atom. The van der Waals surface area contributed by atoms with Gasteiger partial charge in [0.25, 0.3) is 0 Å². The molecular formula is C29H38N8O. The number of pyridine rings is 1. The van der Waals surface area contributed by atoms with Crippen LogP contribution in [0.3, 0.4) is 0 Å². The molecule has 200 valence electrons. The van der Waals surface area contributed by atoms with E-state index in [1.165, 1.54) is 11.4 Å². The number of anilines is 3. The predicted octanol–water partition coefficient (Wildman–Crippen LogP) is 2.91. The lowest BCUT2D eigenvalue weighted by Crippen LogP contribution is -2.54. The number of aromatic nitrogens is 3. The molecule has 2 unspecified atom stereocenters. The molecule has 1 aromatic carbocycles. The zero-order valence-corrected chi connectivity index (χ0v) is 22.1. The predicted molar refractivity (Wildman–Crippen MR) is 152 cm³/mol. The van der Waals surface area contributed by atoms with Gasteiger partial charge in [0.15, 0.2) is 5.82 Å². The molecular weight excluding hydrogens is 476 g/mol. The van der Waals surface area contributed by atoms with Crippen LogP contribution < -0.4 is 20.9 Å². The van der Waals surface area contributed by atoms with Crippen molar-refractivity contribution in [1.29, 1.82) is 0 Å². The average molecular weight is 515 g/mol. The Hall–Kier alpha value is -3.43. The molecule has 0 aliphatic carbocycles. The van der Waals surface area contributed by atoms with Crippen LogP contribution in [0, 0.1) is 0 Å². The van der Waals surface area contributed by atoms with Crippen molar-refractivity contribution in [2.75, 3.05) is 54.8 Å². The van der Waals surface area contributed by atoms with Crippen LogP contribution in [0.15, 0.2) is 48.7 Å². The Bertz CT molecular complexity index is 1250. The van der Waals surface area contributed by atoms with Crippen molar-refractivity contribution in [3.05, 3.63) is 54.4 Å². The third kappa shape index (κ3) is 5.00. The fraction of sp³-hybridized carbons (Fsp3) is 0.483. The minimum Gasteiger partial charge on any atom is -0.507 e. The summed E-state index contributed by atoms with van der Waals surface area (Å²) in [7, 11) is 0. The molecule has 2 bridgehead atoms. The number of fused-ring (bicyclic) bond motifs is 2. The summed E-state index contributed by atoms with van der Waals surface area (Å²) in [4.78, 5) is 12.2. The van der Waals surface area contributed by atoms with Crippen molar-refractivity contribution in [1.82, 2.24) is 25.4 Å². The molecule has 3 fully saturated rings. The molecule has 3 atom stereocenters. The summed E-state index contributed by atoms with van der Waals surface area (Å²) in [5.74, 6) is 0.625. The molecule has 4 N–H and O–H groups in total. The van der Waals surface area contributed by atoms with Crippen molar-refractivity contribution in [2.45, 2.75) is 50.7 Å². The first-order valence-corrected chi connectivity index (χ1v) is 13.9. The van der Waals surface area contributed by atoms with Gasteiger partial charge in [-0.05, 0) is 69.5 Å². The second kappa shape index (κ2) is 10.7. The van der Waals surface area contributed by atoms with Crippen molar-refractivity contribution in [3.8, 4) is 17.0 Å². The van der Waals surface area contributed by atoms with E-state index in [0.29, 0.717) is 35.2 Å². The number of nitrogens with zero attached hydrogens (tertiary/aromatic N) is 6. The molecule has 6 rings (SSSR count). The molecule has 3 saturated heterocycles. The Balaban J connectivity index is 1.14. The fourth-order valence-electron chi connectivity index (χ4n) is 6.43. The molecule has 9 nitrogen and oxygen atoms in total. The lowest BCUT2D eigenvalue weighted by molar-refractivity contribution is 0.172. The molecule has 0 amide bonds. The largest absolute Gasteiger partial charge is 0.507 e. The molecule has 0 radical (unpaired) electrons. The minimum absolute atomic E-state index is 0.193. The summed E-state index contributed by atoms with van der Waals surface area (Å²) in [6.45, 7) is 8.50. The standard InChI is InChI=1S/C29H38N8O/c1-20-17-31-12-14-35(20)13-4-5-21-15-22(10-11-32-21)37-23-8-9-24(37)19-36(18-23)27-16-26(33-34-29(27)30)25-6-2-3-7-28(25)38/h2-3,6-7,10-11,15-16,20,23-24,31,38H,4-5,8-9,12-14,17-19H2,1H3,(H2,30,34)/t20-,23?,24?/m1/s1. The number of para-hydroxylation sites is 1. The number of hydrogen-bond acceptors (Lipinski definition) is 9. The van der Waals surface area contributed by atoms with E-state index in [9.17, 15) is 5.11 Å². The van der Waals surface area contributed by atoms with Gasteiger partial charge in [-0.25, -0.2) is 0 Å². The van der Waals surface area contributed by atoms with Crippen molar-refractivity contribution >= 4 is 17.2 Å². The third-order valence-electron chi connectivity index (χ3n) is 8.42. The normalized spacial score (nSPS) is 23.7. The first-order valence-electron chi connectivity index (χ1n) is 13.9. The Labute approximate surface area is 224 Å². The third-order valence-corrected chi connectivity index (χ3v) is 8.42. The molecule has 0 saturated carbocycles. The van der Waals surface area contributed by atoms with Crippen molar-refractivity contribution in [3.63, 3.8) is 0 Å². The van der Waals surface area contributed by atoms with Gasteiger partial charge in [0, 0.05) is 74.0 Å². The van der Waals surface area contributed by atoms with Crippen LogP contribution in [-0.4, -0.2) is 82.6 Å². The average Bonchev–Trinajstić information content (AvgIpc) is 3.20. The maximum atomic E-state index is 10.3. The fourth-order valence-corrected chi connectivity index (χ4v) is 6.43. The highest BCUT2D eigenvalue weighted by Gasteiger charge is 2.40. The van der Waals surface area contributed by atoms with Gasteiger partial charge in [-0.1, -0.05) is 12.1 Å². The van der Waals surface area contributed by atoms with Crippen molar-refractivity contribution in [2.24, 2.45) is 0 Å². The zero-order chi connectivity index (χ0) is 26.1. The second-order valence-corrected chi connectivity index (χ2v) is 10.9. The first-order chi connectivity index (χ1) is 18.6. The number of nitrogen functional groups attached to an aromatic ring is 1. The van der Waals surface area contributed by atoms with Crippen LogP contribution in [0.25, 0.3) is 11.3 Å². The summed E-state index contributed by atoms with van der Waals surface area (Å²) >= 11 is 0. The van der Waals surface area contributed by atoms with E-state index in [1.54, 1.807) is 12.1 Å². The molecule has 5 heterocycles. The van der Waals surface area contributed by atoms with Crippen LogP contribution in [0.2, 0.25) is 0 Å². The van der Waals surface area contributed by atoms with E-state index in [2.05, 4.69) is 49.3 Å². The van der Waals surface area contributed by atoms with E-state index in [1.807, 2.05) is 24.4 Å². The maximum absolute atomic E-state index is 10.3. The Morgan fingerprint density at radius 3 is 2.68 bits per heavy atom. The highest BCUT2D eigenvalue weighted by Crippen LogP contribution is 2.39. The number of aromatic hydroxyl groups is 1. The van der Waals surface area contributed by atoms with Gasteiger partial charge in [-0.3, -0.25) is 9.88 Å². The van der Waals surface area contributed by atoms with Crippen LogP contribution in [-0.2, 0) is 6.42 Å². The summed E-state index contributed by atoms with van der Waals surface area (Å²) in [5, 5.41) is 22.3. The molecule has 0 spiro atoms. The maximum Gasteiger partial charge on any atom is 0.169 e. The number of rotatable bonds is 7. The lowest BCUT2D eigenvalue weighted by atomic mass is 10.1. The van der Waals surface area contributed by atoms with E-state index in [4.69, 9.17) is 10.7 Å². The zero-order valence-electron chi connectivity index (χ0n) is 22.1. The Morgan fingerprint density at radius 1 is 1.08 bits per heavy atom. The monoisotopic (exact) mass is 514 g/mol. The smallest absolute Gasteiger partial charge is 0.169 e. The summed E-state index contributed by atoms with van der Waals surface area (Å²) < 4.78 is 0. The van der Waals surface area contributed by atoms with Gasteiger partial charge in [-0.2, -0.15) is 0 Å². The number of piperazine rings is 2. The number of nitrogens with two attached hydrogens (primary N) is 1. The quantitative estimate of drug-likeness (QED) is 0.439. The number of aryl methyl sites for hydroxylation is 1. The SMILES string of the molecule is C[C@@H]1CNCCN1CCCc1cc(N2C3CCC2CN(c2cc(-c4ccccc4O)nnc2N)C3)ccn1. The number of phenolic OH excluding ortho intramolecular Hbond substituents is 1. The highest BCUT2D eigenvalue weighted by atomic mass is 16.3. The second-order valence-electron chi connectivity index (χ2n) is 10.9. The molecule has 2 aromatic heterocycles. The van der Waals surface area contributed by atoms with Gasteiger partial charge >= 0.3 is 0 Å². The van der Waals surface area contributed by atoms with E-state index in [0.717, 1.165) is 70.6 Å². The molecule has 38 heavy (non-hydrogen) atoms. The number of hydrogen-bond donors (Lipinski definition) is 3. The van der Waals surface area contributed by atoms with Crippen LogP contribution >= 0.6 is 0 Å². The van der Waals surface area contributed by atoms with Gasteiger partial charge in [-0.15, -0.1) is 10.2 Å². The van der Waals surface area contributed by atoms with Gasteiger partial charge < -0.3 is 26.0 Å². The van der Waals surface area contributed by atoms with E-state index >= 15 is 0 Å². The van der Waals surface area contributed by atoms with Crippen LogP contribution in [0.4, 0.5) is 17.2 Å². The van der Waals surface area contributed by atoms with Gasteiger partial charge in [0.1, 0.15) is 5.75 Å². The summed E-state index contributed by atoms with van der Waals surface area (Å²) in [5.41, 5.74) is 11.0. The first kappa shape index (κ1) is 24.9. The van der Waals surface area contributed by atoms with Crippen molar-refractivity contribution < 1.29 is 5.11 Å². The topological polar surface area (TPSA) is 107 Å². The highest BCUT2D eigenvalue weighted by molar-refractivity contribution is 5.74. The van der Waals surface area contributed by atoms with Gasteiger partial charge in [0.05, 0.1) is 11.4 Å². The Kier molecular flexibility index (Phi) is 7.04. The van der Waals surface area contributed by atoms with Gasteiger partial charge in [0.2, 0.25) is 0 Å². The lowest BCUT2D eigenvalue weighted by Gasteiger charge is -2.43. The summed E-state index contributed by atoms with van der Waals surface area (Å²) in [6.07, 6.45) is 6.44. The molecule has 9 heteroatoms. The van der Waals surface area contributed by atoms with E-state index in [-0.39, 0.29) is 5.75 Å². The molecule has 3 aliphatic rings.